The van der Waals surface area contributed by atoms with Crippen molar-refractivity contribution in [2.24, 2.45) is 0 Å². The zero-order chi connectivity index (χ0) is 14.3. The maximum absolute atomic E-state index is 12.4. The van der Waals surface area contributed by atoms with Gasteiger partial charge in [-0.15, -0.1) is 0 Å². The summed E-state index contributed by atoms with van der Waals surface area (Å²) in [5.74, 6) is 0.476. The van der Waals surface area contributed by atoms with E-state index in [1.165, 1.54) is 12.1 Å². The second-order valence-corrected chi connectivity index (χ2v) is 4.36. The quantitative estimate of drug-likeness (QED) is 0.815. The van der Waals surface area contributed by atoms with E-state index in [0.29, 0.717) is 12.3 Å². The van der Waals surface area contributed by atoms with Crippen molar-refractivity contribution < 1.29 is 17.9 Å². The van der Waals surface area contributed by atoms with Gasteiger partial charge in [0.05, 0.1) is 5.56 Å². The summed E-state index contributed by atoms with van der Waals surface area (Å²) in [5.41, 5.74) is -0.654. The molecule has 2 nitrogen and oxygen atoms in total. The summed E-state index contributed by atoms with van der Waals surface area (Å²) >= 11 is 0. The Hall–Kier alpha value is -1.23. The molecule has 1 aromatic carbocycles. The number of rotatable bonds is 7. The van der Waals surface area contributed by atoms with Crippen molar-refractivity contribution in [1.82, 2.24) is 5.32 Å². The zero-order valence-corrected chi connectivity index (χ0v) is 11.3. The first-order valence-electron chi connectivity index (χ1n) is 6.52. The molecule has 0 aromatic heterocycles. The Kier molecular flexibility index (Phi) is 6.15. The van der Waals surface area contributed by atoms with Crippen molar-refractivity contribution in [2.75, 3.05) is 13.1 Å². The highest BCUT2D eigenvalue weighted by Gasteiger charge is 2.30. The molecule has 0 aliphatic heterocycles. The molecule has 0 saturated carbocycles. The van der Waals surface area contributed by atoms with Gasteiger partial charge in [-0.1, -0.05) is 20.3 Å². The summed E-state index contributed by atoms with van der Waals surface area (Å²) in [6.07, 6.45) is -2.47. The number of benzene rings is 1. The van der Waals surface area contributed by atoms with Gasteiger partial charge < -0.3 is 10.1 Å². The molecule has 1 N–H and O–H groups in total. The van der Waals surface area contributed by atoms with Gasteiger partial charge in [-0.3, -0.25) is 0 Å². The number of alkyl halides is 3. The Bertz CT molecular complexity index is 362. The van der Waals surface area contributed by atoms with Crippen LogP contribution in [0.3, 0.4) is 0 Å². The Morgan fingerprint density at radius 3 is 2.26 bits per heavy atom. The molecule has 0 aliphatic carbocycles. The van der Waals surface area contributed by atoms with Crippen LogP contribution in [0.1, 0.15) is 32.3 Å². The minimum atomic E-state index is -4.30. The van der Waals surface area contributed by atoms with Gasteiger partial charge in [0.1, 0.15) is 11.9 Å². The smallest absolute Gasteiger partial charge is 0.416 e. The number of likely N-dealkylation sites (N-methyl/N-ethyl adjacent to an activating group) is 1. The number of hydrogen-bond acceptors (Lipinski definition) is 2. The van der Waals surface area contributed by atoms with Gasteiger partial charge in [-0.2, -0.15) is 13.2 Å². The van der Waals surface area contributed by atoms with E-state index in [1.54, 1.807) is 0 Å². The third-order valence-electron chi connectivity index (χ3n) is 2.72. The van der Waals surface area contributed by atoms with Gasteiger partial charge >= 0.3 is 6.18 Å². The number of hydrogen-bond donors (Lipinski definition) is 1. The van der Waals surface area contributed by atoms with Crippen LogP contribution in [0.4, 0.5) is 13.2 Å². The molecule has 1 unspecified atom stereocenters. The number of nitrogens with one attached hydrogen (secondary N) is 1. The summed E-state index contributed by atoms with van der Waals surface area (Å²) in [7, 11) is 0. The highest BCUT2D eigenvalue weighted by molar-refractivity contribution is 5.29. The van der Waals surface area contributed by atoms with Gasteiger partial charge in [0.15, 0.2) is 0 Å². The Morgan fingerprint density at radius 2 is 1.79 bits per heavy atom. The Morgan fingerprint density at radius 1 is 1.16 bits per heavy atom. The summed E-state index contributed by atoms with van der Waals surface area (Å²) in [5, 5.41) is 3.18. The molecule has 1 rings (SSSR count). The predicted molar refractivity (Wildman–Crippen MR) is 69.3 cm³/mol. The van der Waals surface area contributed by atoms with E-state index in [0.717, 1.165) is 31.5 Å². The lowest BCUT2D eigenvalue weighted by molar-refractivity contribution is -0.137. The normalized spacial score (nSPS) is 13.3. The molecule has 19 heavy (non-hydrogen) atoms. The van der Waals surface area contributed by atoms with Gasteiger partial charge in [-0.25, -0.2) is 0 Å². The number of ether oxygens (including phenoxy) is 1. The minimum Gasteiger partial charge on any atom is -0.489 e. The van der Waals surface area contributed by atoms with Crippen LogP contribution in [-0.2, 0) is 6.18 Å². The summed E-state index contributed by atoms with van der Waals surface area (Å²) < 4.78 is 43.0. The number of halogens is 3. The minimum absolute atomic E-state index is 0.0123. The average Bonchev–Trinajstić information content (AvgIpc) is 2.36. The lowest BCUT2D eigenvalue weighted by Gasteiger charge is -2.19. The second-order valence-electron chi connectivity index (χ2n) is 4.36. The Labute approximate surface area is 112 Å². The Balaban J connectivity index is 2.64. The average molecular weight is 275 g/mol. The van der Waals surface area contributed by atoms with E-state index >= 15 is 0 Å². The van der Waals surface area contributed by atoms with Crippen molar-refractivity contribution in [2.45, 2.75) is 39.0 Å². The zero-order valence-electron chi connectivity index (χ0n) is 11.3. The molecule has 0 aliphatic rings. The van der Waals surface area contributed by atoms with Crippen LogP contribution in [0.5, 0.6) is 5.75 Å². The molecular weight excluding hydrogens is 255 g/mol. The molecular formula is C14H20F3NO. The molecule has 0 saturated heterocycles. The van der Waals surface area contributed by atoms with Gasteiger partial charge in [0.25, 0.3) is 0 Å². The SMILES string of the molecule is CCCC(CNCC)Oc1ccc(C(F)(F)F)cc1. The molecule has 1 atom stereocenters. The van der Waals surface area contributed by atoms with Crippen LogP contribution in [0, 0.1) is 0 Å². The van der Waals surface area contributed by atoms with Crippen molar-refractivity contribution in [3.8, 4) is 5.75 Å². The van der Waals surface area contributed by atoms with E-state index in [2.05, 4.69) is 12.2 Å². The first-order chi connectivity index (χ1) is 8.97. The van der Waals surface area contributed by atoms with Crippen LogP contribution >= 0.6 is 0 Å². The third kappa shape index (κ3) is 5.51. The second kappa shape index (κ2) is 7.38. The van der Waals surface area contributed by atoms with Crippen LogP contribution < -0.4 is 10.1 Å². The maximum Gasteiger partial charge on any atom is 0.416 e. The predicted octanol–water partition coefficient (Wildman–Crippen LogP) is 3.86. The van der Waals surface area contributed by atoms with Crippen LogP contribution in [0.25, 0.3) is 0 Å². The lowest BCUT2D eigenvalue weighted by atomic mass is 10.2. The fourth-order valence-electron chi connectivity index (χ4n) is 1.74. The van der Waals surface area contributed by atoms with E-state index in [4.69, 9.17) is 4.74 Å². The first kappa shape index (κ1) is 15.8. The molecule has 108 valence electrons. The van der Waals surface area contributed by atoms with Crippen LogP contribution in [0.2, 0.25) is 0 Å². The fourth-order valence-corrected chi connectivity index (χ4v) is 1.74. The lowest BCUT2D eigenvalue weighted by Crippen LogP contribution is -2.31. The highest BCUT2D eigenvalue weighted by Crippen LogP contribution is 2.30. The maximum atomic E-state index is 12.4. The van der Waals surface area contributed by atoms with E-state index in [9.17, 15) is 13.2 Å². The van der Waals surface area contributed by atoms with Crippen molar-refractivity contribution in [3.05, 3.63) is 29.8 Å². The molecule has 1 aromatic rings. The molecule has 0 radical (unpaired) electrons. The third-order valence-corrected chi connectivity index (χ3v) is 2.72. The van der Waals surface area contributed by atoms with E-state index in [1.807, 2.05) is 6.92 Å². The molecule has 0 heterocycles. The highest BCUT2D eigenvalue weighted by atomic mass is 19.4. The monoisotopic (exact) mass is 275 g/mol. The molecule has 0 fully saturated rings. The van der Waals surface area contributed by atoms with Crippen molar-refractivity contribution in [3.63, 3.8) is 0 Å². The first-order valence-corrected chi connectivity index (χ1v) is 6.52. The molecule has 0 bridgehead atoms. The van der Waals surface area contributed by atoms with Gasteiger partial charge in [0.2, 0.25) is 0 Å². The van der Waals surface area contributed by atoms with Crippen molar-refractivity contribution >= 4 is 0 Å². The van der Waals surface area contributed by atoms with E-state index in [-0.39, 0.29) is 6.10 Å². The van der Waals surface area contributed by atoms with Crippen LogP contribution in [0.15, 0.2) is 24.3 Å². The van der Waals surface area contributed by atoms with Crippen molar-refractivity contribution in [1.29, 1.82) is 0 Å². The summed E-state index contributed by atoms with van der Waals surface area (Å²) in [6, 6.07) is 4.84. The molecule has 5 heteroatoms. The van der Waals surface area contributed by atoms with Crippen LogP contribution in [-0.4, -0.2) is 19.2 Å². The van der Waals surface area contributed by atoms with E-state index < -0.39 is 11.7 Å². The van der Waals surface area contributed by atoms with Gasteiger partial charge in [0, 0.05) is 6.54 Å². The van der Waals surface area contributed by atoms with Gasteiger partial charge in [-0.05, 0) is 37.2 Å². The fraction of sp³-hybridized carbons (Fsp3) is 0.571. The molecule has 0 amide bonds. The largest absolute Gasteiger partial charge is 0.489 e. The molecule has 0 spiro atoms. The standard InChI is InChI=1S/C14H20F3NO/c1-3-5-13(10-18-4-2)19-12-8-6-11(7-9-12)14(15,16)17/h6-9,13,18H,3-5,10H2,1-2H3. The summed E-state index contributed by atoms with van der Waals surface area (Å²) in [6.45, 7) is 5.60. The summed E-state index contributed by atoms with van der Waals surface area (Å²) in [4.78, 5) is 0. The topological polar surface area (TPSA) is 21.3 Å².